The van der Waals surface area contributed by atoms with Crippen LogP contribution in [0, 0.1) is 0 Å². The van der Waals surface area contributed by atoms with Crippen molar-refractivity contribution in [2.45, 2.75) is 38.3 Å². The minimum atomic E-state index is 0.00350. The molecule has 1 fully saturated rings. The summed E-state index contributed by atoms with van der Waals surface area (Å²) in [7, 11) is 1.98. The molecular weight excluding hydrogens is 264 g/mol. The van der Waals surface area contributed by atoms with Crippen LogP contribution in [0.3, 0.4) is 0 Å². The molecule has 0 bridgehead atoms. The van der Waals surface area contributed by atoms with Gasteiger partial charge in [-0.2, -0.15) is 0 Å². The van der Waals surface area contributed by atoms with Crippen molar-refractivity contribution in [2.24, 2.45) is 5.73 Å². The van der Waals surface area contributed by atoms with Gasteiger partial charge in [0.2, 0.25) is 5.91 Å². The smallest absolute Gasteiger partial charge is 0.236 e. The second kappa shape index (κ2) is 7.52. The van der Waals surface area contributed by atoms with Crippen LogP contribution >= 0.6 is 0 Å². The molecule has 1 aromatic rings. The standard InChI is InChI=1S/C16H26N4O/c1-3-14(17)16(13-6-8-18-9-7-13)19(2)12-15(21)20-10-4-5-11-20/h6-9,14,16H,3-5,10-12,17H2,1-2H3. The highest BCUT2D eigenvalue weighted by Gasteiger charge is 2.27. The van der Waals surface area contributed by atoms with Crippen LogP contribution < -0.4 is 5.73 Å². The van der Waals surface area contributed by atoms with Gasteiger partial charge in [-0.1, -0.05) is 6.92 Å². The molecule has 0 saturated carbocycles. The highest BCUT2D eigenvalue weighted by Crippen LogP contribution is 2.23. The molecule has 2 heterocycles. The van der Waals surface area contributed by atoms with Gasteiger partial charge in [0.25, 0.3) is 0 Å². The predicted molar refractivity (Wildman–Crippen MR) is 83.7 cm³/mol. The molecule has 0 aromatic carbocycles. The van der Waals surface area contributed by atoms with E-state index >= 15 is 0 Å². The van der Waals surface area contributed by atoms with Crippen LogP contribution in [0.15, 0.2) is 24.5 Å². The lowest BCUT2D eigenvalue weighted by Crippen LogP contribution is -2.44. The van der Waals surface area contributed by atoms with E-state index < -0.39 is 0 Å². The summed E-state index contributed by atoms with van der Waals surface area (Å²) in [6.07, 6.45) is 6.67. The maximum Gasteiger partial charge on any atom is 0.236 e. The molecule has 1 saturated heterocycles. The molecule has 0 radical (unpaired) electrons. The molecule has 1 amide bonds. The Hall–Kier alpha value is -1.46. The van der Waals surface area contributed by atoms with Gasteiger partial charge in [0, 0.05) is 31.5 Å². The van der Waals surface area contributed by atoms with Gasteiger partial charge in [-0.05, 0) is 44.0 Å². The first-order valence-corrected chi connectivity index (χ1v) is 7.77. The van der Waals surface area contributed by atoms with E-state index in [4.69, 9.17) is 5.73 Å². The first kappa shape index (κ1) is 15.9. The maximum atomic E-state index is 12.3. The third-order valence-electron chi connectivity index (χ3n) is 4.24. The van der Waals surface area contributed by atoms with E-state index in [2.05, 4.69) is 16.8 Å². The largest absolute Gasteiger partial charge is 0.342 e. The van der Waals surface area contributed by atoms with E-state index in [0.717, 1.165) is 37.9 Å². The lowest BCUT2D eigenvalue weighted by molar-refractivity contribution is -0.131. The van der Waals surface area contributed by atoms with Crippen molar-refractivity contribution >= 4 is 5.91 Å². The fourth-order valence-corrected chi connectivity index (χ4v) is 2.99. The number of carbonyl (C=O) groups is 1. The molecule has 116 valence electrons. The molecule has 0 spiro atoms. The van der Waals surface area contributed by atoms with Crippen molar-refractivity contribution in [2.75, 3.05) is 26.7 Å². The number of pyridine rings is 1. The highest BCUT2D eigenvalue weighted by molar-refractivity contribution is 5.78. The zero-order valence-corrected chi connectivity index (χ0v) is 13.0. The Morgan fingerprint density at radius 1 is 1.38 bits per heavy atom. The van der Waals surface area contributed by atoms with Gasteiger partial charge in [-0.25, -0.2) is 0 Å². The zero-order chi connectivity index (χ0) is 15.2. The van der Waals surface area contributed by atoms with Crippen LogP contribution in [-0.4, -0.2) is 53.4 Å². The van der Waals surface area contributed by atoms with E-state index in [0.29, 0.717) is 6.54 Å². The minimum Gasteiger partial charge on any atom is -0.342 e. The number of likely N-dealkylation sites (tertiary alicyclic amines) is 1. The number of rotatable bonds is 6. The summed E-state index contributed by atoms with van der Waals surface area (Å²) in [4.78, 5) is 20.4. The van der Waals surface area contributed by atoms with E-state index in [9.17, 15) is 4.79 Å². The van der Waals surface area contributed by atoms with Crippen molar-refractivity contribution in [3.05, 3.63) is 30.1 Å². The van der Waals surface area contributed by atoms with E-state index in [1.54, 1.807) is 12.4 Å². The monoisotopic (exact) mass is 290 g/mol. The first-order chi connectivity index (χ1) is 10.1. The summed E-state index contributed by atoms with van der Waals surface area (Å²) >= 11 is 0. The Balaban J connectivity index is 2.07. The van der Waals surface area contributed by atoms with Crippen molar-refractivity contribution in [3.8, 4) is 0 Å². The van der Waals surface area contributed by atoms with Crippen LogP contribution in [0.4, 0.5) is 0 Å². The molecule has 1 aliphatic rings. The normalized spacial score (nSPS) is 18.0. The molecule has 2 atom stereocenters. The number of aromatic nitrogens is 1. The molecule has 2 N–H and O–H groups in total. The molecule has 21 heavy (non-hydrogen) atoms. The third kappa shape index (κ3) is 4.02. The van der Waals surface area contributed by atoms with Gasteiger partial charge in [-0.3, -0.25) is 14.7 Å². The SMILES string of the molecule is CCC(N)C(c1ccncc1)N(C)CC(=O)N1CCCC1. The van der Waals surface area contributed by atoms with Gasteiger partial charge in [-0.15, -0.1) is 0 Å². The van der Waals surface area contributed by atoms with Crippen LogP contribution in [0.1, 0.15) is 37.8 Å². The molecular formula is C16H26N4O. The first-order valence-electron chi connectivity index (χ1n) is 7.77. The molecule has 1 aromatic heterocycles. The summed E-state index contributed by atoms with van der Waals surface area (Å²) in [6, 6.07) is 4.02. The summed E-state index contributed by atoms with van der Waals surface area (Å²) in [5.74, 6) is 0.206. The summed E-state index contributed by atoms with van der Waals surface area (Å²) in [5, 5.41) is 0. The zero-order valence-electron chi connectivity index (χ0n) is 13.0. The Labute approximate surface area is 127 Å². The van der Waals surface area contributed by atoms with Crippen LogP contribution in [0.25, 0.3) is 0 Å². The Morgan fingerprint density at radius 3 is 2.57 bits per heavy atom. The maximum absolute atomic E-state index is 12.3. The lowest BCUT2D eigenvalue weighted by atomic mass is 9.97. The summed E-state index contributed by atoms with van der Waals surface area (Å²) in [6.45, 7) is 4.29. The Kier molecular flexibility index (Phi) is 5.70. The molecule has 1 aliphatic heterocycles. The Bertz CT molecular complexity index is 445. The third-order valence-corrected chi connectivity index (χ3v) is 4.24. The second-order valence-corrected chi connectivity index (χ2v) is 5.80. The van der Waals surface area contributed by atoms with Crippen LogP contribution in [0.2, 0.25) is 0 Å². The average molecular weight is 290 g/mol. The average Bonchev–Trinajstić information content (AvgIpc) is 3.02. The summed E-state index contributed by atoms with van der Waals surface area (Å²) in [5.41, 5.74) is 7.41. The fourth-order valence-electron chi connectivity index (χ4n) is 2.99. The van der Waals surface area contributed by atoms with Gasteiger partial charge >= 0.3 is 0 Å². The van der Waals surface area contributed by atoms with Crippen molar-refractivity contribution in [1.29, 1.82) is 0 Å². The van der Waals surface area contributed by atoms with Crippen molar-refractivity contribution in [3.63, 3.8) is 0 Å². The number of hydrogen-bond donors (Lipinski definition) is 1. The molecule has 2 rings (SSSR count). The number of nitrogens with two attached hydrogens (primary N) is 1. The van der Waals surface area contributed by atoms with Crippen molar-refractivity contribution < 1.29 is 4.79 Å². The molecule has 0 aliphatic carbocycles. The molecule has 5 heteroatoms. The van der Waals surface area contributed by atoms with Gasteiger partial charge < -0.3 is 10.6 Å². The fraction of sp³-hybridized carbons (Fsp3) is 0.625. The number of nitrogens with zero attached hydrogens (tertiary/aromatic N) is 3. The molecule has 5 nitrogen and oxygen atoms in total. The quantitative estimate of drug-likeness (QED) is 0.860. The van der Waals surface area contributed by atoms with Gasteiger partial charge in [0.1, 0.15) is 0 Å². The summed E-state index contributed by atoms with van der Waals surface area (Å²) < 4.78 is 0. The van der Waals surface area contributed by atoms with Gasteiger partial charge in [0.05, 0.1) is 12.6 Å². The number of amides is 1. The number of hydrogen-bond acceptors (Lipinski definition) is 4. The minimum absolute atomic E-state index is 0.00350. The lowest BCUT2D eigenvalue weighted by Gasteiger charge is -2.33. The number of carbonyl (C=O) groups excluding carboxylic acids is 1. The van der Waals surface area contributed by atoms with E-state index in [1.165, 1.54) is 0 Å². The topological polar surface area (TPSA) is 62.5 Å². The van der Waals surface area contributed by atoms with Crippen LogP contribution in [0.5, 0.6) is 0 Å². The van der Waals surface area contributed by atoms with Gasteiger partial charge in [0.15, 0.2) is 0 Å². The second-order valence-electron chi connectivity index (χ2n) is 5.80. The Morgan fingerprint density at radius 2 is 2.00 bits per heavy atom. The van der Waals surface area contributed by atoms with Crippen LogP contribution in [-0.2, 0) is 4.79 Å². The highest BCUT2D eigenvalue weighted by atomic mass is 16.2. The van der Waals surface area contributed by atoms with Crippen molar-refractivity contribution in [1.82, 2.24) is 14.8 Å². The number of likely N-dealkylation sites (N-methyl/N-ethyl adjacent to an activating group) is 1. The van der Waals surface area contributed by atoms with E-state index in [1.807, 2.05) is 24.1 Å². The molecule has 2 unspecified atom stereocenters. The van der Waals surface area contributed by atoms with E-state index in [-0.39, 0.29) is 18.0 Å². The predicted octanol–water partition coefficient (Wildman–Crippen LogP) is 1.41.